The molecule has 1 heterocycles. The quantitative estimate of drug-likeness (QED) is 0.776. The predicted octanol–water partition coefficient (Wildman–Crippen LogP) is 3.03. The third-order valence-corrected chi connectivity index (χ3v) is 4.09. The summed E-state index contributed by atoms with van der Waals surface area (Å²) in [5.74, 6) is 0.829. The molecule has 0 aliphatic heterocycles. The molecule has 0 radical (unpaired) electrons. The fourth-order valence-electron chi connectivity index (χ4n) is 2.00. The van der Waals surface area contributed by atoms with E-state index in [0.29, 0.717) is 5.13 Å². The fourth-order valence-corrected chi connectivity index (χ4v) is 2.60. The van der Waals surface area contributed by atoms with Crippen molar-refractivity contribution < 1.29 is 0 Å². The van der Waals surface area contributed by atoms with Gasteiger partial charge in [-0.15, -0.1) is 11.3 Å². The molecule has 1 aromatic rings. The topological polar surface area (TPSA) is 42.1 Å². The normalized spacial score (nSPS) is 11.6. The van der Waals surface area contributed by atoms with E-state index in [1.165, 1.54) is 30.7 Å². The second kappa shape index (κ2) is 7.67. The Balaban J connectivity index is 2.36. The highest BCUT2D eigenvalue weighted by atomic mass is 32.1. The lowest BCUT2D eigenvalue weighted by Gasteiger charge is -2.24. The molecule has 0 amide bonds. The maximum absolute atomic E-state index is 5.64. The predicted molar refractivity (Wildman–Crippen MR) is 76.4 cm³/mol. The zero-order chi connectivity index (χ0) is 12.7. The zero-order valence-electron chi connectivity index (χ0n) is 11.3. The monoisotopic (exact) mass is 255 g/mol. The van der Waals surface area contributed by atoms with Crippen molar-refractivity contribution in [3.05, 3.63) is 11.1 Å². The summed E-state index contributed by atoms with van der Waals surface area (Å²) in [7, 11) is 0. The van der Waals surface area contributed by atoms with Crippen molar-refractivity contribution in [2.24, 2.45) is 5.92 Å². The molecule has 1 rings (SSSR count). The minimum absolute atomic E-state index is 0.683. The van der Waals surface area contributed by atoms with Crippen molar-refractivity contribution in [3.8, 4) is 0 Å². The Labute approximate surface area is 109 Å². The van der Waals surface area contributed by atoms with Crippen LogP contribution in [0, 0.1) is 5.92 Å². The highest BCUT2D eigenvalue weighted by Gasteiger charge is 2.10. The van der Waals surface area contributed by atoms with E-state index >= 15 is 0 Å². The van der Waals surface area contributed by atoms with E-state index in [4.69, 9.17) is 5.73 Å². The number of nitrogens with zero attached hydrogens (tertiary/aromatic N) is 2. The Hall–Kier alpha value is -0.610. The first-order valence-corrected chi connectivity index (χ1v) is 7.49. The van der Waals surface area contributed by atoms with Gasteiger partial charge in [-0.2, -0.15) is 0 Å². The molecule has 0 spiro atoms. The average molecular weight is 255 g/mol. The van der Waals surface area contributed by atoms with Crippen molar-refractivity contribution >= 4 is 16.5 Å². The van der Waals surface area contributed by atoms with Crippen LogP contribution in [0.15, 0.2) is 5.38 Å². The number of rotatable bonds is 8. The summed E-state index contributed by atoms with van der Waals surface area (Å²) >= 11 is 1.53. The molecule has 2 N–H and O–H groups in total. The Morgan fingerprint density at radius 1 is 1.35 bits per heavy atom. The van der Waals surface area contributed by atoms with E-state index in [1.54, 1.807) is 0 Å². The lowest BCUT2D eigenvalue weighted by Crippen LogP contribution is -2.31. The summed E-state index contributed by atoms with van der Waals surface area (Å²) in [5.41, 5.74) is 6.77. The Kier molecular flexibility index (Phi) is 6.52. The van der Waals surface area contributed by atoms with Gasteiger partial charge in [0.25, 0.3) is 0 Å². The Bertz CT molecular complexity index is 307. The first kappa shape index (κ1) is 14.5. The van der Waals surface area contributed by atoms with E-state index in [1.807, 2.05) is 0 Å². The van der Waals surface area contributed by atoms with Gasteiger partial charge in [-0.05, 0) is 12.5 Å². The van der Waals surface area contributed by atoms with Crippen LogP contribution >= 0.6 is 11.3 Å². The molecule has 4 heteroatoms. The Morgan fingerprint density at radius 3 is 2.53 bits per heavy atom. The summed E-state index contributed by atoms with van der Waals surface area (Å²) in [6, 6.07) is 0. The standard InChI is InChI=1S/C13H25N3S/c1-4-11(5-2)9-16(6-3)8-7-12-10-17-13(14)15-12/h10-11H,4-9H2,1-3H3,(H2,14,15). The van der Waals surface area contributed by atoms with Gasteiger partial charge >= 0.3 is 0 Å². The highest BCUT2D eigenvalue weighted by Crippen LogP contribution is 2.13. The molecule has 0 saturated heterocycles. The molecule has 0 aromatic carbocycles. The van der Waals surface area contributed by atoms with Crippen LogP contribution in [0.25, 0.3) is 0 Å². The number of likely N-dealkylation sites (N-methyl/N-ethyl adjacent to an activating group) is 1. The summed E-state index contributed by atoms with van der Waals surface area (Å²) in [4.78, 5) is 6.83. The fraction of sp³-hybridized carbons (Fsp3) is 0.769. The van der Waals surface area contributed by atoms with E-state index < -0.39 is 0 Å². The van der Waals surface area contributed by atoms with E-state index in [2.05, 4.69) is 36.0 Å². The van der Waals surface area contributed by atoms with Crippen molar-refractivity contribution in [2.75, 3.05) is 25.4 Å². The summed E-state index contributed by atoms with van der Waals surface area (Å²) < 4.78 is 0. The third-order valence-electron chi connectivity index (χ3n) is 3.37. The molecule has 0 unspecified atom stereocenters. The van der Waals surface area contributed by atoms with Crippen LogP contribution in [0.5, 0.6) is 0 Å². The number of aromatic nitrogens is 1. The molecule has 1 aromatic heterocycles. The smallest absolute Gasteiger partial charge is 0.180 e. The van der Waals surface area contributed by atoms with E-state index in [-0.39, 0.29) is 0 Å². The second-order valence-corrected chi connectivity index (χ2v) is 5.39. The minimum atomic E-state index is 0.683. The molecule has 0 aliphatic rings. The van der Waals surface area contributed by atoms with Gasteiger partial charge in [0.05, 0.1) is 5.69 Å². The maximum Gasteiger partial charge on any atom is 0.180 e. The number of hydrogen-bond donors (Lipinski definition) is 1. The molecule has 0 aliphatic carbocycles. The minimum Gasteiger partial charge on any atom is -0.375 e. The number of thiazole rings is 1. The average Bonchev–Trinajstić information content (AvgIpc) is 2.76. The molecule has 0 saturated carbocycles. The van der Waals surface area contributed by atoms with Gasteiger partial charge in [0.15, 0.2) is 5.13 Å². The Morgan fingerprint density at radius 2 is 2.06 bits per heavy atom. The highest BCUT2D eigenvalue weighted by molar-refractivity contribution is 7.13. The maximum atomic E-state index is 5.64. The summed E-state index contributed by atoms with van der Waals surface area (Å²) in [6.07, 6.45) is 3.56. The number of hydrogen-bond acceptors (Lipinski definition) is 4. The van der Waals surface area contributed by atoms with Gasteiger partial charge in [-0.25, -0.2) is 4.98 Å². The van der Waals surface area contributed by atoms with Gasteiger partial charge in [0.2, 0.25) is 0 Å². The summed E-state index contributed by atoms with van der Waals surface area (Å²) in [5, 5.41) is 2.75. The van der Waals surface area contributed by atoms with Gasteiger partial charge in [0, 0.05) is 24.9 Å². The van der Waals surface area contributed by atoms with Crippen LogP contribution in [-0.2, 0) is 6.42 Å². The molecular formula is C13H25N3S. The molecule has 17 heavy (non-hydrogen) atoms. The first-order valence-electron chi connectivity index (χ1n) is 6.61. The van der Waals surface area contributed by atoms with Gasteiger partial charge < -0.3 is 10.6 Å². The van der Waals surface area contributed by atoms with E-state index in [9.17, 15) is 0 Å². The molecule has 3 nitrogen and oxygen atoms in total. The molecule has 0 atom stereocenters. The van der Waals surface area contributed by atoms with Crippen molar-refractivity contribution in [3.63, 3.8) is 0 Å². The SMILES string of the molecule is CCC(CC)CN(CC)CCc1csc(N)n1. The van der Waals surface area contributed by atoms with Crippen molar-refractivity contribution in [2.45, 2.75) is 40.0 Å². The van der Waals surface area contributed by atoms with Crippen LogP contribution in [0.2, 0.25) is 0 Å². The third kappa shape index (κ3) is 5.04. The number of anilines is 1. The van der Waals surface area contributed by atoms with Crippen LogP contribution in [0.1, 0.15) is 39.3 Å². The van der Waals surface area contributed by atoms with Gasteiger partial charge in [-0.3, -0.25) is 0 Å². The summed E-state index contributed by atoms with van der Waals surface area (Å²) in [6.45, 7) is 10.2. The molecule has 0 bridgehead atoms. The van der Waals surface area contributed by atoms with Crippen LogP contribution in [0.3, 0.4) is 0 Å². The molecular weight excluding hydrogens is 230 g/mol. The lowest BCUT2D eigenvalue weighted by atomic mass is 10.0. The van der Waals surface area contributed by atoms with E-state index in [0.717, 1.165) is 31.1 Å². The largest absolute Gasteiger partial charge is 0.375 e. The second-order valence-electron chi connectivity index (χ2n) is 4.50. The first-order chi connectivity index (χ1) is 8.19. The van der Waals surface area contributed by atoms with Crippen LogP contribution < -0.4 is 5.73 Å². The zero-order valence-corrected chi connectivity index (χ0v) is 12.1. The number of nitrogens with two attached hydrogens (primary N) is 1. The number of nitrogen functional groups attached to an aromatic ring is 1. The molecule has 0 fully saturated rings. The molecule has 98 valence electrons. The van der Waals surface area contributed by atoms with Gasteiger partial charge in [0.1, 0.15) is 0 Å². The van der Waals surface area contributed by atoms with Gasteiger partial charge in [-0.1, -0.05) is 33.6 Å². The van der Waals surface area contributed by atoms with Crippen molar-refractivity contribution in [1.29, 1.82) is 0 Å². The van der Waals surface area contributed by atoms with Crippen LogP contribution in [0.4, 0.5) is 5.13 Å². The van der Waals surface area contributed by atoms with Crippen LogP contribution in [-0.4, -0.2) is 29.5 Å². The van der Waals surface area contributed by atoms with Crippen molar-refractivity contribution in [1.82, 2.24) is 9.88 Å². The lowest BCUT2D eigenvalue weighted by molar-refractivity contribution is 0.236.